The fourth-order valence-corrected chi connectivity index (χ4v) is 2.46. The van der Waals surface area contributed by atoms with Gasteiger partial charge in [-0.15, -0.1) is 0 Å². The molecule has 126 valence electrons. The highest BCUT2D eigenvalue weighted by molar-refractivity contribution is 5.94. The first-order valence-corrected chi connectivity index (χ1v) is 7.66. The number of nitrogens with zero attached hydrogens (tertiary/aromatic N) is 3. The summed E-state index contributed by atoms with van der Waals surface area (Å²) in [5.74, 6) is -2.77. The number of hydrogen-bond donors (Lipinski definition) is 0. The van der Waals surface area contributed by atoms with Crippen molar-refractivity contribution < 1.29 is 13.6 Å². The second-order valence-corrected chi connectivity index (χ2v) is 5.48. The van der Waals surface area contributed by atoms with Crippen LogP contribution in [0.4, 0.5) is 8.78 Å². The van der Waals surface area contributed by atoms with E-state index in [1.807, 2.05) is 6.07 Å². The highest BCUT2D eigenvalue weighted by Crippen LogP contribution is 2.17. The van der Waals surface area contributed by atoms with Crippen LogP contribution in [0.5, 0.6) is 0 Å². The Morgan fingerprint density at radius 1 is 0.880 bits per heavy atom. The Bertz CT molecular complexity index is 816. The van der Waals surface area contributed by atoms with Crippen molar-refractivity contribution >= 4 is 5.91 Å². The molecule has 0 aliphatic heterocycles. The molecule has 0 aliphatic rings. The van der Waals surface area contributed by atoms with Gasteiger partial charge < -0.3 is 4.90 Å². The molecule has 0 atom stereocenters. The third-order valence-electron chi connectivity index (χ3n) is 3.69. The zero-order valence-corrected chi connectivity index (χ0v) is 13.3. The van der Waals surface area contributed by atoms with Crippen molar-refractivity contribution in [3.63, 3.8) is 0 Å². The van der Waals surface area contributed by atoms with Gasteiger partial charge in [-0.25, -0.2) is 8.78 Å². The van der Waals surface area contributed by atoms with Gasteiger partial charge in [0.15, 0.2) is 11.6 Å². The normalized spacial score (nSPS) is 10.5. The van der Waals surface area contributed by atoms with Crippen molar-refractivity contribution in [1.82, 2.24) is 14.9 Å². The van der Waals surface area contributed by atoms with Gasteiger partial charge >= 0.3 is 0 Å². The molecule has 0 unspecified atom stereocenters. The third-order valence-corrected chi connectivity index (χ3v) is 3.69. The molecule has 6 heteroatoms. The maximum Gasteiger partial charge on any atom is 0.257 e. The molecule has 0 radical (unpaired) electrons. The summed E-state index contributed by atoms with van der Waals surface area (Å²) in [6, 6.07) is 10.7. The molecule has 0 fully saturated rings. The van der Waals surface area contributed by atoms with E-state index in [1.165, 1.54) is 17.0 Å². The van der Waals surface area contributed by atoms with Gasteiger partial charge in [-0.3, -0.25) is 14.8 Å². The topological polar surface area (TPSA) is 46.1 Å². The van der Waals surface area contributed by atoms with Gasteiger partial charge in [-0.1, -0.05) is 12.1 Å². The zero-order valence-electron chi connectivity index (χ0n) is 13.3. The summed E-state index contributed by atoms with van der Waals surface area (Å²) in [6.45, 7) is 0.469. The first-order valence-electron chi connectivity index (χ1n) is 7.66. The second kappa shape index (κ2) is 7.61. The Kier molecular flexibility index (Phi) is 5.09. The van der Waals surface area contributed by atoms with Gasteiger partial charge in [0.1, 0.15) is 0 Å². The summed E-state index contributed by atoms with van der Waals surface area (Å²) in [5, 5.41) is 0. The molecule has 0 saturated heterocycles. The predicted octanol–water partition coefficient (Wildman–Crippen LogP) is 3.60. The summed E-state index contributed by atoms with van der Waals surface area (Å²) >= 11 is 0. The lowest BCUT2D eigenvalue weighted by molar-refractivity contribution is 0.0724. The Labute approximate surface area is 143 Å². The number of carbonyl (C=O) groups excluding carboxylic acids is 1. The van der Waals surface area contributed by atoms with Gasteiger partial charge in [-0.2, -0.15) is 0 Å². The lowest BCUT2D eigenvalue weighted by Gasteiger charge is -2.23. The van der Waals surface area contributed by atoms with Crippen LogP contribution in [0, 0.1) is 11.6 Å². The predicted molar refractivity (Wildman–Crippen MR) is 88.4 cm³/mol. The Morgan fingerprint density at radius 2 is 1.64 bits per heavy atom. The van der Waals surface area contributed by atoms with E-state index < -0.39 is 17.5 Å². The molecule has 3 rings (SSSR count). The van der Waals surface area contributed by atoms with Gasteiger partial charge in [0, 0.05) is 37.9 Å². The maximum atomic E-state index is 14.0. The van der Waals surface area contributed by atoms with Crippen molar-refractivity contribution in [3.8, 4) is 0 Å². The quantitative estimate of drug-likeness (QED) is 0.713. The maximum absolute atomic E-state index is 14.0. The van der Waals surface area contributed by atoms with Crippen molar-refractivity contribution in [2.75, 3.05) is 0 Å². The van der Waals surface area contributed by atoms with Crippen LogP contribution in [0.2, 0.25) is 0 Å². The summed E-state index contributed by atoms with van der Waals surface area (Å²) in [5.41, 5.74) is 1.34. The van der Waals surface area contributed by atoms with Gasteiger partial charge in [0.2, 0.25) is 0 Å². The van der Waals surface area contributed by atoms with E-state index in [-0.39, 0.29) is 18.7 Å². The number of amides is 1. The van der Waals surface area contributed by atoms with Crippen LogP contribution in [0.15, 0.2) is 67.3 Å². The van der Waals surface area contributed by atoms with E-state index in [1.54, 1.807) is 43.0 Å². The number of rotatable bonds is 5. The second-order valence-electron chi connectivity index (χ2n) is 5.48. The molecule has 4 nitrogen and oxygen atoms in total. The minimum absolute atomic E-state index is 0.227. The minimum Gasteiger partial charge on any atom is -0.330 e. The molecule has 0 spiro atoms. The number of aromatic nitrogens is 2. The molecule has 0 bridgehead atoms. The van der Waals surface area contributed by atoms with Crippen molar-refractivity contribution in [1.29, 1.82) is 0 Å². The van der Waals surface area contributed by atoms with Crippen LogP contribution in [-0.2, 0) is 13.1 Å². The van der Waals surface area contributed by atoms with Crippen LogP contribution in [-0.4, -0.2) is 20.8 Å². The number of halogens is 2. The third kappa shape index (κ3) is 4.03. The highest BCUT2D eigenvalue weighted by Gasteiger charge is 2.21. The Morgan fingerprint density at radius 3 is 2.36 bits per heavy atom. The van der Waals surface area contributed by atoms with E-state index in [0.717, 1.165) is 17.2 Å². The fraction of sp³-hybridized carbons (Fsp3) is 0.105. The molecular weight excluding hydrogens is 324 g/mol. The lowest BCUT2D eigenvalue weighted by Crippen LogP contribution is -2.31. The molecule has 0 saturated carbocycles. The first-order chi connectivity index (χ1) is 12.1. The smallest absolute Gasteiger partial charge is 0.257 e. The molecule has 0 aliphatic carbocycles. The van der Waals surface area contributed by atoms with E-state index in [4.69, 9.17) is 0 Å². The van der Waals surface area contributed by atoms with Crippen LogP contribution >= 0.6 is 0 Å². The van der Waals surface area contributed by atoms with E-state index in [9.17, 15) is 13.6 Å². The van der Waals surface area contributed by atoms with Gasteiger partial charge in [0.05, 0.1) is 5.56 Å². The standard InChI is InChI=1S/C19H15F2N3O/c20-17-5-1-4-16(18(17)21)19(25)24(12-14-6-9-22-10-7-14)13-15-3-2-8-23-11-15/h1-11H,12-13H2. The Hall–Kier alpha value is -3.15. The monoisotopic (exact) mass is 339 g/mol. The fourth-order valence-electron chi connectivity index (χ4n) is 2.46. The lowest BCUT2D eigenvalue weighted by atomic mass is 10.1. The zero-order chi connectivity index (χ0) is 17.6. The molecule has 2 aromatic heterocycles. The van der Waals surface area contributed by atoms with E-state index >= 15 is 0 Å². The average Bonchev–Trinajstić information content (AvgIpc) is 2.65. The number of hydrogen-bond acceptors (Lipinski definition) is 3. The highest BCUT2D eigenvalue weighted by atomic mass is 19.2. The summed E-state index contributed by atoms with van der Waals surface area (Å²) in [6.07, 6.45) is 6.50. The molecule has 1 aromatic carbocycles. The summed E-state index contributed by atoms with van der Waals surface area (Å²) in [7, 11) is 0. The number of carbonyl (C=O) groups is 1. The SMILES string of the molecule is O=C(c1cccc(F)c1F)N(Cc1ccncc1)Cc1cccnc1. The Balaban J connectivity index is 1.92. The molecule has 3 aromatic rings. The average molecular weight is 339 g/mol. The molecule has 1 amide bonds. The van der Waals surface area contributed by atoms with Crippen LogP contribution in [0.3, 0.4) is 0 Å². The van der Waals surface area contributed by atoms with Crippen molar-refractivity contribution in [3.05, 3.63) is 95.6 Å². The molecule has 2 heterocycles. The molecule has 0 N–H and O–H groups in total. The number of benzene rings is 1. The minimum atomic E-state index is -1.14. The van der Waals surface area contributed by atoms with E-state index in [2.05, 4.69) is 9.97 Å². The van der Waals surface area contributed by atoms with Crippen molar-refractivity contribution in [2.45, 2.75) is 13.1 Å². The van der Waals surface area contributed by atoms with Crippen LogP contribution < -0.4 is 0 Å². The van der Waals surface area contributed by atoms with Crippen LogP contribution in [0.25, 0.3) is 0 Å². The summed E-state index contributed by atoms with van der Waals surface area (Å²) in [4.78, 5) is 22.2. The number of pyridine rings is 2. The largest absolute Gasteiger partial charge is 0.330 e. The van der Waals surface area contributed by atoms with Crippen molar-refractivity contribution in [2.24, 2.45) is 0 Å². The molecule has 25 heavy (non-hydrogen) atoms. The first kappa shape index (κ1) is 16.7. The van der Waals surface area contributed by atoms with Gasteiger partial charge in [0.25, 0.3) is 5.91 Å². The van der Waals surface area contributed by atoms with Gasteiger partial charge in [-0.05, 0) is 41.5 Å². The summed E-state index contributed by atoms with van der Waals surface area (Å²) < 4.78 is 27.5. The molecular formula is C19H15F2N3O. The van der Waals surface area contributed by atoms with Crippen LogP contribution in [0.1, 0.15) is 21.5 Å². The van der Waals surface area contributed by atoms with E-state index in [0.29, 0.717) is 0 Å².